The Morgan fingerprint density at radius 3 is 2.50 bits per heavy atom. The fourth-order valence-corrected chi connectivity index (χ4v) is 2.99. The smallest absolute Gasteiger partial charge is 0.252 e. The molecule has 0 heterocycles. The van der Waals surface area contributed by atoms with Crippen LogP contribution in [0.4, 0.5) is 4.39 Å². The van der Waals surface area contributed by atoms with Crippen LogP contribution in [0.25, 0.3) is 0 Å². The minimum Gasteiger partial charge on any atom is -0.346 e. The zero-order valence-corrected chi connectivity index (χ0v) is 13.6. The van der Waals surface area contributed by atoms with E-state index in [9.17, 15) is 9.18 Å². The minimum absolute atomic E-state index is 0.260. The molecule has 0 atom stereocenters. The van der Waals surface area contributed by atoms with Gasteiger partial charge in [-0.3, -0.25) is 4.79 Å². The fraction of sp³-hybridized carbons (Fsp3) is 0.462. The van der Waals surface area contributed by atoms with Gasteiger partial charge in [-0.15, -0.1) is 0 Å². The molecule has 0 bridgehead atoms. The summed E-state index contributed by atoms with van der Waals surface area (Å²) in [5.74, 6) is -0.676. The highest BCUT2D eigenvalue weighted by Gasteiger charge is 2.27. The second-order valence-corrected chi connectivity index (χ2v) is 5.61. The third-order valence-electron chi connectivity index (χ3n) is 3.16. The minimum atomic E-state index is -0.416. The highest BCUT2D eigenvalue weighted by atomic mass is 79.9. The van der Waals surface area contributed by atoms with Crippen molar-refractivity contribution in [3.8, 4) is 0 Å². The monoisotopic (exact) mass is 379 g/mol. The molecule has 18 heavy (non-hydrogen) atoms. The molecule has 5 heteroatoms. The summed E-state index contributed by atoms with van der Waals surface area (Å²) in [5.41, 5.74) is 0.0327. The van der Waals surface area contributed by atoms with Crippen LogP contribution >= 0.6 is 31.9 Å². The molecule has 0 aliphatic heterocycles. The topological polar surface area (TPSA) is 29.1 Å². The summed E-state index contributed by atoms with van der Waals surface area (Å²) in [7, 11) is 0. The van der Waals surface area contributed by atoms with E-state index in [1.54, 1.807) is 0 Å². The van der Waals surface area contributed by atoms with Gasteiger partial charge in [-0.05, 0) is 47.0 Å². The Morgan fingerprint density at radius 2 is 2.00 bits per heavy atom. The number of rotatable bonds is 5. The van der Waals surface area contributed by atoms with Crippen LogP contribution in [0.1, 0.15) is 37.0 Å². The number of halogens is 3. The second kappa shape index (κ2) is 6.66. The van der Waals surface area contributed by atoms with Gasteiger partial charge in [0.1, 0.15) is 5.82 Å². The summed E-state index contributed by atoms with van der Waals surface area (Å²) in [5, 5.41) is 3.65. The lowest BCUT2D eigenvalue weighted by Gasteiger charge is -2.31. The van der Waals surface area contributed by atoms with E-state index in [-0.39, 0.29) is 11.4 Å². The first kappa shape index (κ1) is 15.6. The molecule has 0 spiro atoms. The van der Waals surface area contributed by atoms with Crippen LogP contribution in [-0.4, -0.2) is 16.8 Å². The summed E-state index contributed by atoms with van der Waals surface area (Å²) >= 11 is 6.69. The van der Waals surface area contributed by atoms with E-state index in [0.29, 0.717) is 15.4 Å². The average Bonchev–Trinajstić information content (AvgIpc) is 2.38. The maximum atomic E-state index is 13.2. The number of benzene rings is 1. The van der Waals surface area contributed by atoms with Crippen LogP contribution in [0.5, 0.6) is 0 Å². The summed E-state index contributed by atoms with van der Waals surface area (Å²) in [6, 6.07) is 4.10. The maximum Gasteiger partial charge on any atom is 0.252 e. The van der Waals surface area contributed by atoms with Crippen LogP contribution in [0.2, 0.25) is 0 Å². The van der Waals surface area contributed by atoms with E-state index in [1.165, 1.54) is 18.2 Å². The molecule has 1 amide bonds. The van der Waals surface area contributed by atoms with Crippen LogP contribution in [0, 0.1) is 5.82 Å². The van der Waals surface area contributed by atoms with Gasteiger partial charge in [-0.25, -0.2) is 4.39 Å². The number of carbonyl (C=O) groups excluding carboxylic acids is 1. The Kier molecular flexibility index (Phi) is 5.79. The largest absolute Gasteiger partial charge is 0.346 e. The Hall–Kier alpha value is -0.420. The molecule has 2 nitrogen and oxygen atoms in total. The predicted molar refractivity (Wildman–Crippen MR) is 78.7 cm³/mol. The van der Waals surface area contributed by atoms with E-state index in [2.05, 4.69) is 37.2 Å². The van der Waals surface area contributed by atoms with Gasteiger partial charge in [-0.2, -0.15) is 0 Å². The van der Waals surface area contributed by atoms with Crippen molar-refractivity contribution in [2.75, 3.05) is 5.33 Å². The number of amides is 1. The van der Waals surface area contributed by atoms with E-state index < -0.39 is 5.82 Å². The second-order valence-electron chi connectivity index (χ2n) is 4.20. The average molecular weight is 381 g/mol. The number of alkyl halides is 1. The molecular formula is C13H16Br2FNO. The number of hydrogen-bond acceptors (Lipinski definition) is 1. The molecule has 0 aliphatic rings. The summed E-state index contributed by atoms with van der Waals surface area (Å²) in [4.78, 5) is 12.2. The molecule has 1 N–H and O–H groups in total. The highest BCUT2D eigenvalue weighted by Crippen LogP contribution is 2.22. The summed E-state index contributed by atoms with van der Waals surface area (Å²) in [6.45, 7) is 4.04. The zero-order valence-electron chi connectivity index (χ0n) is 10.4. The van der Waals surface area contributed by atoms with Gasteiger partial charge < -0.3 is 5.32 Å². The lowest BCUT2D eigenvalue weighted by Crippen LogP contribution is -2.49. The van der Waals surface area contributed by atoms with Crippen molar-refractivity contribution in [1.82, 2.24) is 5.32 Å². The van der Waals surface area contributed by atoms with E-state index >= 15 is 0 Å². The normalized spacial score (nSPS) is 11.4. The number of carbonyl (C=O) groups is 1. The van der Waals surface area contributed by atoms with E-state index in [0.717, 1.165) is 12.8 Å². The van der Waals surface area contributed by atoms with Crippen LogP contribution < -0.4 is 5.32 Å². The Labute approximate surface area is 124 Å². The molecule has 1 rings (SSSR count). The van der Waals surface area contributed by atoms with Crippen molar-refractivity contribution in [2.24, 2.45) is 0 Å². The van der Waals surface area contributed by atoms with Gasteiger partial charge in [0.15, 0.2) is 0 Å². The third-order valence-corrected chi connectivity index (χ3v) is 4.93. The first-order chi connectivity index (χ1) is 8.48. The van der Waals surface area contributed by atoms with Crippen molar-refractivity contribution < 1.29 is 9.18 Å². The molecule has 0 saturated heterocycles. The summed E-state index contributed by atoms with van der Waals surface area (Å²) in [6.07, 6.45) is 1.63. The standard InChI is InChI=1S/C13H16Br2FNO/c1-3-13(4-2,8-14)17-12(18)10-7-9(16)5-6-11(10)15/h5-7H,3-4,8H2,1-2H3,(H,17,18). The molecule has 100 valence electrons. The molecule has 1 aromatic rings. The van der Waals surface area contributed by atoms with Crippen molar-refractivity contribution in [3.05, 3.63) is 34.1 Å². The van der Waals surface area contributed by atoms with E-state index in [1.807, 2.05) is 13.8 Å². The first-order valence-corrected chi connectivity index (χ1v) is 7.73. The third kappa shape index (κ3) is 3.54. The van der Waals surface area contributed by atoms with Crippen molar-refractivity contribution >= 4 is 37.8 Å². The lowest BCUT2D eigenvalue weighted by atomic mass is 9.95. The molecule has 1 aromatic carbocycles. The fourth-order valence-electron chi connectivity index (χ4n) is 1.63. The van der Waals surface area contributed by atoms with Crippen molar-refractivity contribution in [1.29, 1.82) is 0 Å². The Morgan fingerprint density at radius 1 is 1.39 bits per heavy atom. The molecule has 0 saturated carbocycles. The van der Waals surface area contributed by atoms with Crippen LogP contribution in [0.15, 0.2) is 22.7 Å². The molecule has 0 aliphatic carbocycles. The van der Waals surface area contributed by atoms with Crippen LogP contribution in [-0.2, 0) is 0 Å². The van der Waals surface area contributed by atoms with Gasteiger partial charge in [0.05, 0.1) is 5.56 Å². The quantitative estimate of drug-likeness (QED) is 0.759. The predicted octanol–water partition coefficient (Wildman–Crippen LogP) is 4.27. The molecule has 0 radical (unpaired) electrons. The van der Waals surface area contributed by atoms with Gasteiger partial charge in [0.25, 0.3) is 5.91 Å². The molecule has 0 fully saturated rings. The summed E-state index contributed by atoms with van der Waals surface area (Å²) < 4.78 is 13.8. The number of nitrogens with one attached hydrogen (secondary N) is 1. The van der Waals surface area contributed by atoms with Gasteiger partial charge in [0.2, 0.25) is 0 Å². The maximum absolute atomic E-state index is 13.2. The number of hydrogen-bond donors (Lipinski definition) is 1. The molecular weight excluding hydrogens is 365 g/mol. The Bertz CT molecular complexity index is 425. The van der Waals surface area contributed by atoms with E-state index in [4.69, 9.17) is 0 Å². The Balaban J connectivity index is 2.97. The van der Waals surface area contributed by atoms with Crippen molar-refractivity contribution in [3.63, 3.8) is 0 Å². The SMILES string of the molecule is CCC(CC)(CBr)NC(=O)c1cc(F)ccc1Br. The molecule has 0 aromatic heterocycles. The zero-order chi connectivity index (χ0) is 13.8. The van der Waals surface area contributed by atoms with Gasteiger partial charge in [-0.1, -0.05) is 29.8 Å². The first-order valence-electron chi connectivity index (χ1n) is 5.81. The van der Waals surface area contributed by atoms with Crippen molar-refractivity contribution in [2.45, 2.75) is 32.2 Å². The van der Waals surface area contributed by atoms with Crippen LogP contribution in [0.3, 0.4) is 0 Å². The lowest BCUT2D eigenvalue weighted by molar-refractivity contribution is 0.0902. The van der Waals surface area contributed by atoms with Gasteiger partial charge >= 0.3 is 0 Å². The molecule has 0 unspecified atom stereocenters. The highest BCUT2D eigenvalue weighted by molar-refractivity contribution is 9.10. The van der Waals surface area contributed by atoms with Gasteiger partial charge in [0, 0.05) is 15.3 Å².